The first-order chi connectivity index (χ1) is 12.3. The van der Waals surface area contributed by atoms with Crippen LogP contribution in [0, 0.1) is 6.92 Å². The smallest absolute Gasteiger partial charge is 0.461 e. The second kappa shape index (κ2) is 8.84. The highest BCUT2D eigenvalue weighted by atomic mass is 19.4. The van der Waals surface area contributed by atoms with E-state index in [1.807, 2.05) is 36.1 Å². The lowest BCUT2D eigenvalue weighted by molar-refractivity contribution is -0.187. The molecule has 1 aromatic rings. The highest BCUT2D eigenvalue weighted by Gasteiger charge is 2.43. The maximum Gasteiger partial charge on any atom is 0.471 e. The number of rotatable bonds is 5. The second-order valence-electron chi connectivity index (χ2n) is 6.04. The van der Waals surface area contributed by atoms with Crippen LogP contribution in [0.25, 0.3) is 6.08 Å². The summed E-state index contributed by atoms with van der Waals surface area (Å²) in [7, 11) is 0. The number of carbonyl (C=O) groups excluding carboxylic acids is 2. The molecule has 0 aromatic heterocycles. The van der Waals surface area contributed by atoms with Crippen molar-refractivity contribution in [1.29, 1.82) is 0 Å². The SMILES string of the molecule is Cc1ccc(/C=C/C(=O)OCCN2CCN(C(=O)C(F)(F)F)CC2)cc1. The molecule has 1 saturated heterocycles. The van der Waals surface area contributed by atoms with Crippen molar-refractivity contribution >= 4 is 18.0 Å². The zero-order valence-corrected chi connectivity index (χ0v) is 14.5. The summed E-state index contributed by atoms with van der Waals surface area (Å²) in [6, 6.07) is 7.66. The Morgan fingerprint density at radius 3 is 2.31 bits per heavy atom. The van der Waals surface area contributed by atoms with E-state index < -0.39 is 18.1 Å². The topological polar surface area (TPSA) is 49.9 Å². The van der Waals surface area contributed by atoms with Crippen LogP contribution in [0.15, 0.2) is 30.3 Å². The third-order valence-electron chi connectivity index (χ3n) is 4.04. The molecule has 0 atom stereocenters. The van der Waals surface area contributed by atoms with Crippen molar-refractivity contribution in [3.63, 3.8) is 0 Å². The van der Waals surface area contributed by atoms with Crippen LogP contribution in [0.5, 0.6) is 0 Å². The quantitative estimate of drug-likeness (QED) is 0.589. The van der Waals surface area contributed by atoms with Gasteiger partial charge in [-0.3, -0.25) is 9.69 Å². The molecule has 5 nitrogen and oxygen atoms in total. The number of amides is 1. The number of benzene rings is 1. The summed E-state index contributed by atoms with van der Waals surface area (Å²) >= 11 is 0. The molecule has 1 heterocycles. The molecule has 1 aliphatic rings. The van der Waals surface area contributed by atoms with Crippen LogP contribution < -0.4 is 0 Å². The molecular formula is C18H21F3N2O3. The van der Waals surface area contributed by atoms with Crippen molar-refractivity contribution in [1.82, 2.24) is 9.80 Å². The predicted octanol–water partition coefficient (Wildman–Crippen LogP) is 2.26. The van der Waals surface area contributed by atoms with Crippen LogP contribution in [0.4, 0.5) is 13.2 Å². The van der Waals surface area contributed by atoms with E-state index in [2.05, 4.69) is 0 Å². The van der Waals surface area contributed by atoms with Crippen LogP contribution >= 0.6 is 0 Å². The standard InChI is InChI=1S/C18H21F3N2O3/c1-14-2-4-15(5-3-14)6-7-16(24)26-13-12-22-8-10-23(11-9-22)17(25)18(19,20)21/h2-7H,8-13H2,1H3/b7-6+. The van der Waals surface area contributed by atoms with Gasteiger partial charge in [0.05, 0.1) is 0 Å². The molecular weight excluding hydrogens is 349 g/mol. The van der Waals surface area contributed by atoms with Gasteiger partial charge < -0.3 is 9.64 Å². The Hall–Kier alpha value is -2.35. The van der Waals surface area contributed by atoms with E-state index in [-0.39, 0.29) is 19.7 Å². The molecule has 2 rings (SSSR count). The van der Waals surface area contributed by atoms with Crippen molar-refractivity contribution in [3.8, 4) is 0 Å². The molecule has 1 amide bonds. The van der Waals surface area contributed by atoms with Crippen molar-refractivity contribution in [2.75, 3.05) is 39.3 Å². The third kappa shape index (κ3) is 6.18. The van der Waals surface area contributed by atoms with E-state index in [9.17, 15) is 22.8 Å². The monoisotopic (exact) mass is 370 g/mol. The zero-order chi connectivity index (χ0) is 19.2. The molecule has 142 valence electrons. The van der Waals surface area contributed by atoms with E-state index >= 15 is 0 Å². The molecule has 8 heteroatoms. The number of ether oxygens (including phenoxy) is 1. The first-order valence-corrected chi connectivity index (χ1v) is 8.25. The Labute approximate surface area is 150 Å². The number of aryl methyl sites for hydroxylation is 1. The predicted molar refractivity (Wildman–Crippen MR) is 90.2 cm³/mol. The fourth-order valence-electron chi connectivity index (χ4n) is 2.52. The number of carbonyl (C=O) groups is 2. The fraction of sp³-hybridized carbons (Fsp3) is 0.444. The number of alkyl halides is 3. The van der Waals surface area contributed by atoms with Gasteiger partial charge in [0, 0.05) is 38.8 Å². The number of hydrogen-bond acceptors (Lipinski definition) is 4. The molecule has 1 aromatic carbocycles. The molecule has 1 fully saturated rings. The van der Waals surface area contributed by atoms with Gasteiger partial charge in [0.2, 0.25) is 0 Å². The van der Waals surface area contributed by atoms with Crippen LogP contribution in [0.3, 0.4) is 0 Å². The lowest BCUT2D eigenvalue weighted by atomic mass is 10.1. The van der Waals surface area contributed by atoms with Crippen molar-refractivity contribution < 1.29 is 27.5 Å². The summed E-state index contributed by atoms with van der Waals surface area (Å²) < 4.78 is 42.2. The minimum atomic E-state index is -4.83. The van der Waals surface area contributed by atoms with Crippen molar-refractivity contribution in [2.24, 2.45) is 0 Å². The minimum Gasteiger partial charge on any atom is -0.461 e. The Kier molecular flexibility index (Phi) is 6.79. The van der Waals surface area contributed by atoms with Crippen LogP contribution in [-0.2, 0) is 14.3 Å². The Morgan fingerprint density at radius 2 is 1.73 bits per heavy atom. The lowest BCUT2D eigenvalue weighted by Crippen LogP contribution is -2.52. The van der Waals surface area contributed by atoms with Gasteiger partial charge in [-0.05, 0) is 18.6 Å². The lowest BCUT2D eigenvalue weighted by Gasteiger charge is -2.34. The largest absolute Gasteiger partial charge is 0.471 e. The number of nitrogens with zero attached hydrogens (tertiary/aromatic N) is 2. The van der Waals surface area contributed by atoms with Gasteiger partial charge in [0.15, 0.2) is 0 Å². The van der Waals surface area contributed by atoms with E-state index in [1.165, 1.54) is 6.08 Å². The van der Waals surface area contributed by atoms with E-state index in [1.54, 1.807) is 6.08 Å². The normalized spacial score (nSPS) is 16.1. The number of esters is 1. The fourth-order valence-corrected chi connectivity index (χ4v) is 2.52. The first-order valence-electron chi connectivity index (χ1n) is 8.25. The molecule has 26 heavy (non-hydrogen) atoms. The molecule has 0 bridgehead atoms. The molecule has 0 radical (unpaired) electrons. The number of piperazine rings is 1. The van der Waals surface area contributed by atoms with Gasteiger partial charge in [-0.2, -0.15) is 13.2 Å². The summed E-state index contributed by atoms with van der Waals surface area (Å²) in [4.78, 5) is 25.5. The average molecular weight is 370 g/mol. The number of hydrogen-bond donors (Lipinski definition) is 0. The first kappa shape index (κ1) is 20.0. The maximum absolute atomic E-state index is 12.4. The maximum atomic E-state index is 12.4. The molecule has 1 aliphatic heterocycles. The second-order valence-corrected chi connectivity index (χ2v) is 6.04. The molecule has 0 aliphatic carbocycles. The van der Waals surface area contributed by atoms with Gasteiger partial charge in [0.1, 0.15) is 6.61 Å². The van der Waals surface area contributed by atoms with Gasteiger partial charge >= 0.3 is 18.1 Å². The third-order valence-corrected chi connectivity index (χ3v) is 4.04. The molecule has 0 unspecified atom stereocenters. The summed E-state index contributed by atoms with van der Waals surface area (Å²) in [5.41, 5.74) is 2.01. The minimum absolute atomic E-state index is 0.0135. The highest BCUT2D eigenvalue weighted by molar-refractivity contribution is 5.87. The summed E-state index contributed by atoms with van der Waals surface area (Å²) in [6.07, 6.45) is -1.84. The average Bonchev–Trinajstić information content (AvgIpc) is 2.60. The van der Waals surface area contributed by atoms with E-state index in [0.717, 1.165) is 16.0 Å². The summed E-state index contributed by atoms with van der Waals surface area (Å²) in [5, 5.41) is 0. The molecule has 0 N–H and O–H groups in total. The van der Waals surface area contributed by atoms with Gasteiger partial charge in [-0.15, -0.1) is 0 Å². The Morgan fingerprint density at radius 1 is 1.12 bits per heavy atom. The highest BCUT2D eigenvalue weighted by Crippen LogP contribution is 2.19. The Balaban J connectivity index is 1.66. The van der Waals surface area contributed by atoms with E-state index in [4.69, 9.17) is 4.74 Å². The summed E-state index contributed by atoms with van der Waals surface area (Å²) in [6.45, 7) is 3.19. The van der Waals surface area contributed by atoms with Gasteiger partial charge in [0.25, 0.3) is 0 Å². The Bertz CT molecular complexity index is 649. The van der Waals surface area contributed by atoms with Crippen molar-refractivity contribution in [2.45, 2.75) is 13.1 Å². The van der Waals surface area contributed by atoms with Crippen LogP contribution in [0.2, 0.25) is 0 Å². The van der Waals surface area contributed by atoms with Gasteiger partial charge in [-0.25, -0.2) is 4.79 Å². The van der Waals surface area contributed by atoms with E-state index in [0.29, 0.717) is 19.6 Å². The molecule has 0 saturated carbocycles. The number of halogens is 3. The van der Waals surface area contributed by atoms with Crippen LogP contribution in [-0.4, -0.2) is 67.2 Å². The van der Waals surface area contributed by atoms with Crippen LogP contribution in [0.1, 0.15) is 11.1 Å². The summed E-state index contributed by atoms with van der Waals surface area (Å²) in [5.74, 6) is -2.28. The zero-order valence-electron chi connectivity index (χ0n) is 14.5. The molecule has 0 spiro atoms. The van der Waals surface area contributed by atoms with Gasteiger partial charge in [-0.1, -0.05) is 29.8 Å². The van der Waals surface area contributed by atoms with Crippen molar-refractivity contribution in [3.05, 3.63) is 41.5 Å².